The number of thioether (sulfide) groups is 1. The quantitative estimate of drug-likeness (QED) is 0.251. The first kappa shape index (κ1) is 15.3. The Hall–Kier alpha value is -2.14. The largest absolute Gasteiger partial charge is 0.294 e. The van der Waals surface area contributed by atoms with Crippen LogP contribution in [-0.4, -0.2) is 16.5 Å². The highest BCUT2D eigenvalue weighted by Crippen LogP contribution is 2.29. The zero-order valence-electron chi connectivity index (χ0n) is 11.4. The third-order valence-electron chi connectivity index (χ3n) is 2.96. The monoisotopic (exact) mass is 301 g/mol. The molecule has 0 amide bonds. The third kappa shape index (κ3) is 4.43. The van der Waals surface area contributed by atoms with Crippen LogP contribution in [0.25, 0.3) is 0 Å². The number of nitrogens with zero attached hydrogens (tertiary/aromatic N) is 1. The highest BCUT2D eigenvalue weighted by Gasteiger charge is 2.12. The lowest BCUT2D eigenvalue weighted by Crippen LogP contribution is -1.99. The van der Waals surface area contributed by atoms with Gasteiger partial charge >= 0.3 is 0 Å². The van der Waals surface area contributed by atoms with Gasteiger partial charge in [0.25, 0.3) is 5.69 Å². The number of ketones is 1. The van der Waals surface area contributed by atoms with Crippen molar-refractivity contribution in [2.24, 2.45) is 0 Å². The van der Waals surface area contributed by atoms with Gasteiger partial charge in [-0.3, -0.25) is 14.9 Å². The zero-order valence-corrected chi connectivity index (χ0v) is 12.2. The summed E-state index contributed by atoms with van der Waals surface area (Å²) in [6.07, 6.45) is 1.15. The van der Waals surface area contributed by atoms with Crippen LogP contribution >= 0.6 is 11.8 Å². The van der Waals surface area contributed by atoms with Crippen molar-refractivity contribution in [3.05, 3.63) is 70.3 Å². The average molecular weight is 301 g/mol. The van der Waals surface area contributed by atoms with Gasteiger partial charge in [0.1, 0.15) is 0 Å². The fourth-order valence-electron chi connectivity index (χ4n) is 1.91. The minimum absolute atomic E-state index is 0.110. The summed E-state index contributed by atoms with van der Waals surface area (Å²) in [7, 11) is 0. The maximum atomic E-state index is 11.9. The molecular formula is C16H15NO3S. The molecule has 4 nitrogen and oxygen atoms in total. The first-order chi connectivity index (χ1) is 10.2. The number of para-hydroxylation sites is 1. The summed E-state index contributed by atoms with van der Waals surface area (Å²) in [5.74, 6) is 0.794. The van der Waals surface area contributed by atoms with Crippen LogP contribution in [0, 0.1) is 10.1 Å². The molecule has 0 aromatic heterocycles. The van der Waals surface area contributed by atoms with Crippen LogP contribution in [0.3, 0.4) is 0 Å². The fraction of sp³-hybridized carbons (Fsp3) is 0.188. The standard InChI is InChI=1S/C16H15NO3S/c18-15(13-7-2-1-3-8-13)10-6-12-21-16-11-5-4-9-14(16)17(19)20/h1-5,7-9,11H,6,10,12H2. The minimum Gasteiger partial charge on any atom is -0.294 e. The van der Waals surface area contributed by atoms with Crippen molar-refractivity contribution >= 4 is 23.2 Å². The zero-order chi connectivity index (χ0) is 15.1. The van der Waals surface area contributed by atoms with Crippen molar-refractivity contribution in [2.45, 2.75) is 17.7 Å². The van der Waals surface area contributed by atoms with E-state index < -0.39 is 0 Å². The molecule has 0 saturated heterocycles. The van der Waals surface area contributed by atoms with Crippen molar-refractivity contribution in [3.63, 3.8) is 0 Å². The van der Waals surface area contributed by atoms with Gasteiger partial charge in [0, 0.05) is 18.1 Å². The van der Waals surface area contributed by atoms with Crippen LogP contribution in [0.1, 0.15) is 23.2 Å². The third-order valence-corrected chi connectivity index (χ3v) is 4.11. The molecule has 0 radical (unpaired) electrons. The molecule has 21 heavy (non-hydrogen) atoms. The summed E-state index contributed by atoms with van der Waals surface area (Å²) in [4.78, 5) is 23.1. The highest BCUT2D eigenvalue weighted by molar-refractivity contribution is 7.99. The smallest absolute Gasteiger partial charge is 0.282 e. The maximum Gasteiger partial charge on any atom is 0.282 e. The fourth-order valence-corrected chi connectivity index (χ4v) is 2.89. The molecule has 0 fully saturated rings. The molecule has 108 valence electrons. The van der Waals surface area contributed by atoms with Crippen LogP contribution in [-0.2, 0) is 0 Å². The molecule has 0 aliphatic heterocycles. The molecule has 2 aromatic carbocycles. The number of nitro groups is 1. The molecule has 0 atom stereocenters. The Morgan fingerprint density at radius 1 is 1.05 bits per heavy atom. The van der Waals surface area contributed by atoms with E-state index in [2.05, 4.69) is 0 Å². The first-order valence-electron chi connectivity index (χ1n) is 6.63. The molecule has 0 N–H and O–H groups in total. The van der Waals surface area contributed by atoms with Gasteiger partial charge in [-0.25, -0.2) is 0 Å². The SMILES string of the molecule is O=C(CCCSc1ccccc1[N+](=O)[O-])c1ccccc1. The van der Waals surface area contributed by atoms with Crippen LogP contribution in [0.4, 0.5) is 5.69 Å². The molecular weight excluding hydrogens is 286 g/mol. The van der Waals surface area contributed by atoms with Gasteiger partial charge in [0.15, 0.2) is 5.78 Å². The Morgan fingerprint density at radius 3 is 2.43 bits per heavy atom. The van der Waals surface area contributed by atoms with Crippen molar-refractivity contribution in [3.8, 4) is 0 Å². The van der Waals surface area contributed by atoms with Crippen molar-refractivity contribution in [2.75, 3.05) is 5.75 Å². The molecule has 0 aliphatic rings. The van der Waals surface area contributed by atoms with Crippen molar-refractivity contribution in [1.29, 1.82) is 0 Å². The van der Waals surface area contributed by atoms with E-state index in [9.17, 15) is 14.9 Å². The predicted molar refractivity (Wildman–Crippen MR) is 83.8 cm³/mol. The van der Waals surface area contributed by atoms with Crippen LogP contribution in [0.5, 0.6) is 0 Å². The summed E-state index contributed by atoms with van der Waals surface area (Å²) in [5.41, 5.74) is 0.838. The second kappa shape index (κ2) is 7.59. The van der Waals surface area contributed by atoms with E-state index in [0.717, 1.165) is 0 Å². The van der Waals surface area contributed by atoms with Gasteiger partial charge in [-0.1, -0.05) is 42.5 Å². The lowest BCUT2D eigenvalue weighted by Gasteiger charge is -2.03. The van der Waals surface area contributed by atoms with Crippen molar-refractivity contribution in [1.82, 2.24) is 0 Å². The first-order valence-corrected chi connectivity index (χ1v) is 7.61. The normalized spacial score (nSPS) is 10.3. The summed E-state index contributed by atoms with van der Waals surface area (Å²) >= 11 is 1.42. The summed E-state index contributed by atoms with van der Waals surface area (Å²) in [6.45, 7) is 0. The van der Waals surface area contributed by atoms with E-state index in [4.69, 9.17) is 0 Å². The number of rotatable bonds is 7. The Balaban J connectivity index is 1.83. The Bertz CT molecular complexity index is 628. The number of hydrogen-bond donors (Lipinski definition) is 0. The molecule has 2 rings (SSSR count). The van der Waals surface area contributed by atoms with E-state index in [1.165, 1.54) is 17.8 Å². The van der Waals surface area contributed by atoms with Gasteiger partial charge in [0.2, 0.25) is 0 Å². The van der Waals surface area contributed by atoms with Crippen molar-refractivity contribution < 1.29 is 9.72 Å². The van der Waals surface area contributed by atoms with Gasteiger partial charge in [0.05, 0.1) is 9.82 Å². The second-order valence-corrected chi connectivity index (χ2v) is 5.60. The maximum absolute atomic E-state index is 11.9. The van der Waals surface area contributed by atoms with Gasteiger partial charge in [-0.15, -0.1) is 11.8 Å². The Morgan fingerprint density at radius 2 is 1.71 bits per heavy atom. The molecule has 0 spiro atoms. The number of Topliss-reactive ketones (excluding diaryl/α,β-unsaturated/α-hetero) is 1. The predicted octanol–water partition coefficient (Wildman–Crippen LogP) is 4.35. The molecule has 0 heterocycles. The van der Waals surface area contributed by atoms with E-state index in [-0.39, 0.29) is 16.4 Å². The number of nitro benzene ring substituents is 1. The van der Waals surface area contributed by atoms with E-state index >= 15 is 0 Å². The lowest BCUT2D eigenvalue weighted by molar-refractivity contribution is -0.387. The lowest BCUT2D eigenvalue weighted by atomic mass is 10.1. The summed E-state index contributed by atoms with van der Waals surface area (Å²) < 4.78 is 0. The molecule has 0 saturated carbocycles. The van der Waals surface area contributed by atoms with E-state index in [1.807, 2.05) is 18.2 Å². The number of hydrogen-bond acceptors (Lipinski definition) is 4. The average Bonchev–Trinajstić information content (AvgIpc) is 2.52. The van der Waals surface area contributed by atoms with Crippen LogP contribution in [0.2, 0.25) is 0 Å². The van der Waals surface area contributed by atoms with E-state index in [1.54, 1.807) is 30.3 Å². The second-order valence-electron chi connectivity index (χ2n) is 4.47. The van der Waals surface area contributed by atoms with Crippen LogP contribution in [0.15, 0.2) is 59.5 Å². The number of carbonyl (C=O) groups excluding carboxylic acids is 1. The topological polar surface area (TPSA) is 60.2 Å². The summed E-state index contributed by atoms with van der Waals surface area (Å²) in [6, 6.07) is 15.8. The summed E-state index contributed by atoms with van der Waals surface area (Å²) in [5, 5.41) is 10.9. The molecule has 5 heteroatoms. The highest BCUT2D eigenvalue weighted by atomic mass is 32.2. The van der Waals surface area contributed by atoms with Gasteiger partial charge < -0.3 is 0 Å². The van der Waals surface area contributed by atoms with Crippen LogP contribution < -0.4 is 0 Å². The minimum atomic E-state index is -0.378. The van der Waals surface area contributed by atoms with E-state index in [0.29, 0.717) is 29.1 Å². The Kier molecular flexibility index (Phi) is 5.51. The Labute approximate surface area is 127 Å². The molecule has 2 aromatic rings. The molecule has 0 bridgehead atoms. The molecule has 0 unspecified atom stereocenters. The van der Waals surface area contributed by atoms with Gasteiger partial charge in [-0.2, -0.15) is 0 Å². The van der Waals surface area contributed by atoms with Gasteiger partial charge in [-0.05, 0) is 18.2 Å². The number of benzene rings is 2. The number of carbonyl (C=O) groups is 1. The molecule has 0 aliphatic carbocycles.